The van der Waals surface area contributed by atoms with Gasteiger partial charge in [0.05, 0.1) is 6.54 Å². The van der Waals surface area contributed by atoms with Gasteiger partial charge < -0.3 is 15.4 Å². The molecule has 2 unspecified atom stereocenters. The van der Waals surface area contributed by atoms with Crippen molar-refractivity contribution < 1.29 is 9.53 Å². The number of rotatable bonds is 2. The lowest BCUT2D eigenvalue weighted by molar-refractivity contribution is 0.146. The summed E-state index contributed by atoms with van der Waals surface area (Å²) in [4.78, 5) is 12.6. The first-order valence-electron chi connectivity index (χ1n) is 3.82. The molecule has 1 amide bonds. The van der Waals surface area contributed by atoms with Crippen LogP contribution in [0.5, 0.6) is 0 Å². The lowest BCUT2D eigenvalue weighted by Gasteiger charge is -2.24. The van der Waals surface area contributed by atoms with Crippen LogP contribution in [0.25, 0.3) is 0 Å². The van der Waals surface area contributed by atoms with Gasteiger partial charge in [0.1, 0.15) is 6.61 Å². The van der Waals surface area contributed by atoms with Gasteiger partial charge in [0.15, 0.2) is 0 Å². The van der Waals surface area contributed by atoms with Crippen LogP contribution in [0, 0.1) is 0 Å². The molecule has 2 N–H and O–H groups in total. The van der Waals surface area contributed by atoms with Crippen molar-refractivity contribution in [1.82, 2.24) is 4.90 Å². The Morgan fingerprint density at radius 2 is 2.27 bits per heavy atom. The second-order valence-corrected chi connectivity index (χ2v) is 2.91. The van der Waals surface area contributed by atoms with Crippen molar-refractivity contribution in [3.05, 3.63) is 0 Å². The zero-order chi connectivity index (χ0) is 8.43. The van der Waals surface area contributed by atoms with E-state index < -0.39 is 0 Å². The van der Waals surface area contributed by atoms with E-state index in [4.69, 9.17) is 10.5 Å². The van der Waals surface area contributed by atoms with E-state index >= 15 is 0 Å². The fourth-order valence-electron chi connectivity index (χ4n) is 1.06. The molecule has 0 spiro atoms. The largest absolute Gasteiger partial charge is 0.448 e. The Labute approximate surface area is 66.3 Å². The molecule has 4 heteroatoms. The van der Waals surface area contributed by atoms with Crippen molar-refractivity contribution in [2.75, 3.05) is 13.2 Å². The number of nitrogens with two attached hydrogens (primary N) is 1. The van der Waals surface area contributed by atoms with Gasteiger partial charge in [-0.3, -0.25) is 0 Å². The van der Waals surface area contributed by atoms with Crippen molar-refractivity contribution in [2.24, 2.45) is 5.73 Å². The second-order valence-electron chi connectivity index (χ2n) is 2.91. The number of amides is 1. The lowest BCUT2D eigenvalue weighted by atomic mass is 10.1. The van der Waals surface area contributed by atoms with Crippen LogP contribution in [0.15, 0.2) is 0 Å². The van der Waals surface area contributed by atoms with Crippen LogP contribution in [-0.2, 0) is 4.74 Å². The van der Waals surface area contributed by atoms with Crippen LogP contribution in [0.2, 0.25) is 0 Å². The third-order valence-electron chi connectivity index (χ3n) is 2.04. The normalized spacial score (nSPS) is 23.2. The minimum Gasteiger partial charge on any atom is -0.448 e. The van der Waals surface area contributed by atoms with Crippen LogP contribution in [0.3, 0.4) is 0 Å². The summed E-state index contributed by atoms with van der Waals surface area (Å²) in [7, 11) is 0. The van der Waals surface area contributed by atoms with Crippen LogP contribution in [0.4, 0.5) is 4.79 Å². The van der Waals surface area contributed by atoms with Gasteiger partial charge >= 0.3 is 6.09 Å². The molecule has 1 fully saturated rings. The van der Waals surface area contributed by atoms with Crippen LogP contribution in [0.1, 0.15) is 13.8 Å². The van der Waals surface area contributed by atoms with Crippen molar-refractivity contribution in [3.8, 4) is 0 Å². The average molecular weight is 158 g/mol. The highest BCUT2D eigenvalue weighted by atomic mass is 16.6. The van der Waals surface area contributed by atoms with Gasteiger partial charge in [0.25, 0.3) is 0 Å². The van der Waals surface area contributed by atoms with Gasteiger partial charge in [-0.15, -0.1) is 0 Å². The SMILES string of the molecule is CC(N)C(C)N1CCOC1=O. The molecule has 1 aliphatic heterocycles. The zero-order valence-corrected chi connectivity index (χ0v) is 6.91. The predicted octanol–water partition coefficient (Wildman–Crippen LogP) is 0.174. The maximum absolute atomic E-state index is 11.0. The van der Waals surface area contributed by atoms with Gasteiger partial charge in [-0.2, -0.15) is 0 Å². The third-order valence-corrected chi connectivity index (χ3v) is 2.04. The van der Waals surface area contributed by atoms with Gasteiger partial charge in [-0.05, 0) is 13.8 Å². The summed E-state index contributed by atoms with van der Waals surface area (Å²) < 4.78 is 4.77. The quantitative estimate of drug-likeness (QED) is 0.623. The number of hydrogen-bond acceptors (Lipinski definition) is 3. The molecule has 64 valence electrons. The van der Waals surface area contributed by atoms with Crippen molar-refractivity contribution in [3.63, 3.8) is 0 Å². The fourth-order valence-corrected chi connectivity index (χ4v) is 1.06. The van der Waals surface area contributed by atoms with E-state index in [1.807, 2.05) is 13.8 Å². The fraction of sp³-hybridized carbons (Fsp3) is 0.857. The first kappa shape index (κ1) is 8.33. The Kier molecular flexibility index (Phi) is 2.34. The minimum absolute atomic E-state index is 0.000602. The number of cyclic esters (lactones) is 1. The molecule has 1 aliphatic rings. The van der Waals surface area contributed by atoms with Crippen molar-refractivity contribution in [2.45, 2.75) is 25.9 Å². The lowest BCUT2D eigenvalue weighted by Crippen LogP contribution is -2.44. The summed E-state index contributed by atoms with van der Waals surface area (Å²) in [5.74, 6) is 0. The Morgan fingerprint density at radius 3 is 2.64 bits per heavy atom. The minimum atomic E-state index is -0.241. The predicted molar refractivity (Wildman–Crippen MR) is 41.2 cm³/mol. The topological polar surface area (TPSA) is 55.6 Å². The molecule has 0 aromatic rings. The summed E-state index contributed by atoms with van der Waals surface area (Å²) >= 11 is 0. The Hall–Kier alpha value is -0.770. The van der Waals surface area contributed by atoms with E-state index in [-0.39, 0.29) is 18.2 Å². The average Bonchev–Trinajstić information content (AvgIpc) is 2.33. The molecule has 0 aliphatic carbocycles. The second kappa shape index (κ2) is 3.09. The van der Waals surface area contributed by atoms with E-state index in [1.165, 1.54) is 0 Å². The summed E-state index contributed by atoms with van der Waals surface area (Å²) in [6, 6.07) is 0.0747. The highest BCUT2D eigenvalue weighted by Gasteiger charge is 2.28. The van der Waals surface area contributed by atoms with Gasteiger partial charge in [-0.25, -0.2) is 4.79 Å². The molecular weight excluding hydrogens is 144 g/mol. The molecule has 11 heavy (non-hydrogen) atoms. The monoisotopic (exact) mass is 158 g/mol. The summed E-state index contributed by atoms with van der Waals surface area (Å²) in [5.41, 5.74) is 5.63. The van der Waals surface area contributed by atoms with Gasteiger partial charge in [0, 0.05) is 12.1 Å². The number of carbonyl (C=O) groups excluding carboxylic acids is 1. The third kappa shape index (κ3) is 1.63. The molecule has 1 rings (SSSR count). The first-order chi connectivity index (χ1) is 5.13. The summed E-state index contributed by atoms with van der Waals surface area (Å²) in [5, 5.41) is 0. The number of hydrogen-bond donors (Lipinski definition) is 1. The maximum atomic E-state index is 11.0. The molecule has 4 nitrogen and oxygen atoms in total. The first-order valence-corrected chi connectivity index (χ1v) is 3.82. The van der Waals surface area contributed by atoms with Crippen molar-refractivity contribution in [1.29, 1.82) is 0 Å². The van der Waals surface area contributed by atoms with E-state index in [1.54, 1.807) is 4.90 Å². The van der Waals surface area contributed by atoms with Gasteiger partial charge in [-0.1, -0.05) is 0 Å². The maximum Gasteiger partial charge on any atom is 0.410 e. The Balaban J connectivity index is 2.52. The summed E-state index contributed by atoms with van der Waals surface area (Å²) in [6.45, 7) is 4.98. The zero-order valence-electron chi connectivity index (χ0n) is 6.91. The number of nitrogens with zero attached hydrogens (tertiary/aromatic N) is 1. The summed E-state index contributed by atoms with van der Waals surface area (Å²) in [6.07, 6.45) is -0.241. The van der Waals surface area contributed by atoms with E-state index in [0.29, 0.717) is 13.2 Å². The van der Waals surface area contributed by atoms with Gasteiger partial charge in [0.2, 0.25) is 0 Å². The van der Waals surface area contributed by atoms with E-state index in [0.717, 1.165) is 0 Å². The van der Waals surface area contributed by atoms with Crippen LogP contribution < -0.4 is 5.73 Å². The number of carbonyl (C=O) groups is 1. The molecule has 0 aromatic heterocycles. The standard InChI is InChI=1S/C7H14N2O2/c1-5(8)6(2)9-3-4-11-7(9)10/h5-6H,3-4,8H2,1-2H3. The Morgan fingerprint density at radius 1 is 1.64 bits per heavy atom. The molecule has 0 bridgehead atoms. The molecule has 0 radical (unpaired) electrons. The highest BCUT2D eigenvalue weighted by Crippen LogP contribution is 2.09. The molecule has 1 saturated heterocycles. The smallest absolute Gasteiger partial charge is 0.410 e. The number of ether oxygens (including phenoxy) is 1. The molecule has 1 heterocycles. The highest BCUT2D eigenvalue weighted by molar-refractivity contribution is 5.69. The Bertz CT molecular complexity index is 159. The van der Waals surface area contributed by atoms with E-state index in [2.05, 4.69) is 0 Å². The van der Waals surface area contributed by atoms with Crippen LogP contribution in [-0.4, -0.2) is 36.2 Å². The molecule has 0 aromatic carbocycles. The van der Waals surface area contributed by atoms with Crippen LogP contribution >= 0.6 is 0 Å². The molecular formula is C7H14N2O2. The molecule has 0 saturated carbocycles. The molecule has 2 atom stereocenters. The van der Waals surface area contributed by atoms with Crippen molar-refractivity contribution >= 4 is 6.09 Å². The van der Waals surface area contributed by atoms with E-state index in [9.17, 15) is 4.79 Å².